The number of rotatable bonds is 5. The van der Waals surface area contributed by atoms with Crippen LogP contribution in [0.1, 0.15) is 24.2 Å². The molecule has 1 fully saturated rings. The van der Waals surface area contributed by atoms with E-state index in [9.17, 15) is 4.79 Å². The molecule has 1 saturated heterocycles. The first kappa shape index (κ1) is 24.8. The zero-order chi connectivity index (χ0) is 25.4. The zero-order valence-corrected chi connectivity index (χ0v) is 22.6. The lowest BCUT2D eigenvalue weighted by Gasteiger charge is -2.43. The van der Waals surface area contributed by atoms with E-state index in [1.165, 1.54) is 0 Å². The van der Waals surface area contributed by atoms with Crippen LogP contribution in [-0.4, -0.2) is 53.0 Å². The fourth-order valence-electron chi connectivity index (χ4n) is 4.50. The lowest BCUT2D eigenvalue weighted by molar-refractivity contribution is 0.102. The summed E-state index contributed by atoms with van der Waals surface area (Å²) in [4.78, 5) is 26.7. The molecule has 5 rings (SSSR count). The fourth-order valence-corrected chi connectivity index (χ4v) is 5.66. The molecule has 2 aromatic heterocycles. The van der Waals surface area contributed by atoms with Crippen molar-refractivity contribution >= 4 is 51.8 Å². The van der Waals surface area contributed by atoms with E-state index >= 15 is 0 Å². The summed E-state index contributed by atoms with van der Waals surface area (Å²) in [6, 6.07) is 15.9. The molecule has 36 heavy (non-hydrogen) atoms. The van der Waals surface area contributed by atoms with Gasteiger partial charge in [0.15, 0.2) is 0 Å². The van der Waals surface area contributed by atoms with E-state index in [4.69, 9.17) is 23.2 Å². The van der Waals surface area contributed by atoms with Gasteiger partial charge in [0.05, 0.1) is 32.4 Å². The summed E-state index contributed by atoms with van der Waals surface area (Å²) in [6.45, 7) is 6.27. The van der Waals surface area contributed by atoms with Crippen LogP contribution in [0, 0.1) is 0 Å². The SMILES string of the molecule is C[C@@H]1CN(c2ccc(C(=O)Nc3ccc(Cl)c(-c4ncc(-c5cccs5)[nH]4)c3)c(Cl)c2)C[C@H](C)N1C. The number of carbonyl (C=O) groups excluding carboxylic acids is 1. The molecule has 0 saturated carbocycles. The molecule has 1 amide bonds. The van der Waals surface area contributed by atoms with E-state index in [0.717, 1.165) is 29.3 Å². The summed E-state index contributed by atoms with van der Waals surface area (Å²) < 4.78 is 0. The van der Waals surface area contributed by atoms with Gasteiger partial charge in [0.2, 0.25) is 0 Å². The van der Waals surface area contributed by atoms with Crippen LogP contribution in [-0.2, 0) is 0 Å². The molecule has 0 unspecified atom stereocenters. The predicted octanol–water partition coefficient (Wildman–Crippen LogP) is 6.89. The lowest BCUT2D eigenvalue weighted by atomic mass is 10.1. The molecular weight excluding hydrogens is 513 g/mol. The molecule has 0 spiro atoms. The number of amides is 1. The molecular formula is C27H27Cl2N5OS. The van der Waals surface area contributed by atoms with Crippen LogP contribution < -0.4 is 10.2 Å². The molecule has 0 bridgehead atoms. The van der Waals surface area contributed by atoms with Crippen molar-refractivity contribution in [2.75, 3.05) is 30.4 Å². The van der Waals surface area contributed by atoms with Crippen LogP contribution in [0.5, 0.6) is 0 Å². The Kier molecular flexibility index (Phi) is 7.08. The topological polar surface area (TPSA) is 64.3 Å². The number of anilines is 2. The average molecular weight is 541 g/mol. The minimum absolute atomic E-state index is 0.279. The van der Waals surface area contributed by atoms with Crippen LogP contribution in [0.4, 0.5) is 11.4 Å². The molecule has 0 radical (unpaired) electrons. The van der Waals surface area contributed by atoms with Crippen LogP contribution in [0.25, 0.3) is 22.0 Å². The summed E-state index contributed by atoms with van der Waals surface area (Å²) in [5.41, 5.74) is 3.68. The number of thiophene rings is 1. The Hall–Kier alpha value is -2.84. The molecule has 2 aromatic carbocycles. The fraction of sp³-hybridized carbons (Fsp3) is 0.259. The number of likely N-dealkylation sites (N-methyl/N-ethyl adjacent to an activating group) is 1. The van der Waals surface area contributed by atoms with Gasteiger partial charge >= 0.3 is 0 Å². The van der Waals surface area contributed by atoms with Gasteiger partial charge in [-0.1, -0.05) is 29.3 Å². The largest absolute Gasteiger partial charge is 0.368 e. The summed E-state index contributed by atoms with van der Waals surface area (Å²) in [5, 5.41) is 5.93. The van der Waals surface area contributed by atoms with Crippen molar-refractivity contribution < 1.29 is 4.79 Å². The van der Waals surface area contributed by atoms with E-state index < -0.39 is 0 Å². The van der Waals surface area contributed by atoms with Gasteiger partial charge in [-0.2, -0.15) is 0 Å². The highest BCUT2D eigenvalue weighted by Crippen LogP contribution is 2.32. The van der Waals surface area contributed by atoms with E-state index in [2.05, 4.69) is 46.0 Å². The van der Waals surface area contributed by atoms with E-state index in [1.54, 1.807) is 35.7 Å². The monoisotopic (exact) mass is 539 g/mol. The van der Waals surface area contributed by atoms with E-state index in [0.29, 0.717) is 44.8 Å². The lowest BCUT2D eigenvalue weighted by Crippen LogP contribution is -2.55. The summed E-state index contributed by atoms with van der Waals surface area (Å²) in [7, 11) is 2.16. The van der Waals surface area contributed by atoms with E-state index in [-0.39, 0.29) is 5.91 Å². The Morgan fingerprint density at radius 2 is 1.86 bits per heavy atom. The number of halogens is 2. The molecule has 3 heterocycles. The number of nitrogens with zero attached hydrogens (tertiary/aromatic N) is 3. The molecule has 1 aliphatic rings. The first-order valence-corrected chi connectivity index (χ1v) is 13.4. The van der Waals surface area contributed by atoms with Crippen molar-refractivity contribution in [2.24, 2.45) is 0 Å². The van der Waals surface area contributed by atoms with Crippen LogP contribution >= 0.6 is 34.5 Å². The Labute approximate surface area is 224 Å². The highest BCUT2D eigenvalue weighted by Gasteiger charge is 2.27. The van der Waals surface area contributed by atoms with Gasteiger partial charge in [-0.25, -0.2) is 4.98 Å². The van der Waals surface area contributed by atoms with Crippen molar-refractivity contribution in [3.8, 4) is 22.0 Å². The zero-order valence-electron chi connectivity index (χ0n) is 20.3. The smallest absolute Gasteiger partial charge is 0.257 e. The number of carbonyl (C=O) groups is 1. The second-order valence-electron chi connectivity index (χ2n) is 9.20. The predicted molar refractivity (Wildman–Crippen MR) is 151 cm³/mol. The third-order valence-electron chi connectivity index (χ3n) is 6.76. The molecule has 4 aromatic rings. The summed E-state index contributed by atoms with van der Waals surface area (Å²) in [5.74, 6) is 0.358. The van der Waals surface area contributed by atoms with Gasteiger partial charge in [-0.05, 0) is 68.7 Å². The first-order valence-electron chi connectivity index (χ1n) is 11.8. The molecule has 2 N–H and O–H groups in total. The van der Waals surface area contributed by atoms with Gasteiger partial charge in [0, 0.05) is 42.1 Å². The van der Waals surface area contributed by atoms with Crippen molar-refractivity contribution in [1.29, 1.82) is 0 Å². The summed E-state index contributed by atoms with van der Waals surface area (Å²) >= 11 is 14.7. The number of nitrogens with one attached hydrogen (secondary N) is 2. The maximum atomic E-state index is 13.1. The maximum absolute atomic E-state index is 13.1. The third kappa shape index (κ3) is 5.02. The average Bonchev–Trinajstić information content (AvgIpc) is 3.55. The Bertz CT molecular complexity index is 1370. The number of aromatic amines is 1. The normalized spacial score (nSPS) is 18.4. The van der Waals surface area contributed by atoms with Gasteiger partial charge in [0.1, 0.15) is 5.82 Å². The van der Waals surface area contributed by atoms with Crippen LogP contribution in [0.3, 0.4) is 0 Å². The highest BCUT2D eigenvalue weighted by atomic mass is 35.5. The minimum Gasteiger partial charge on any atom is -0.368 e. The maximum Gasteiger partial charge on any atom is 0.257 e. The molecule has 6 nitrogen and oxygen atoms in total. The third-order valence-corrected chi connectivity index (χ3v) is 8.31. The van der Waals surface area contributed by atoms with Crippen LogP contribution in [0.2, 0.25) is 10.0 Å². The van der Waals surface area contributed by atoms with Gasteiger partial charge in [-0.3, -0.25) is 9.69 Å². The molecule has 9 heteroatoms. The molecule has 0 aliphatic carbocycles. The van der Waals surface area contributed by atoms with Crippen molar-refractivity contribution in [2.45, 2.75) is 25.9 Å². The number of aromatic nitrogens is 2. The second kappa shape index (κ2) is 10.3. The minimum atomic E-state index is -0.279. The first-order chi connectivity index (χ1) is 17.3. The number of H-pyrrole nitrogens is 1. The quantitative estimate of drug-likeness (QED) is 0.289. The highest BCUT2D eigenvalue weighted by molar-refractivity contribution is 7.13. The number of piperazine rings is 1. The van der Waals surface area contributed by atoms with Gasteiger partial charge < -0.3 is 15.2 Å². The molecule has 186 valence electrons. The Morgan fingerprint density at radius 3 is 2.56 bits per heavy atom. The molecule has 1 aliphatic heterocycles. The molecule has 2 atom stereocenters. The number of hydrogen-bond acceptors (Lipinski definition) is 5. The standard InChI is InChI=1S/C27H27Cl2N5OS/c1-16-14-34(15-17(2)33(16)3)19-7-8-20(23(29)12-19)27(35)31-18-6-9-22(28)21(11-18)26-30-13-24(32-26)25-5-4-10-36-25/h4-13,16-17H,14-15H2,1-3H3,(H,30,32)(H,31,35)/t16-,17+. The van der Waals surface area contributed by atoms with Gasteiger partial charge in [0.25, 0.3) is 5.91 Å². The summed E-state index contributed by atoms with van der Waals surface area (Å²) in [6.07, 6.45) is 1.78. The van der Waals surface area contributed by atoms with Gasteiger partial charge in [-0.15, -0.1) is 11.3 Å². The van der Waals surface area contributed by atoms with Crippen molar-refractivity contribution in [1.82, 2.24) is 14.9 Å². The number of imidazole rings is 1. The van der Waals surface area contributed by atoms with Crippen LogP contribution in [0.15, 0.2) is 60.1 Å². The number of hydrogen-bond donors (Lipinski definition) is 2. The Balaban J connectivity index is 1.33. The number of benzene rings is 2. The van der Waals surface area contributed by atoms with Crippen molar-refractivity contribution in [3.05, 3.63) is 75.7 Å². The van der Waals surface area contributed by atoms with E-state index in [1.807, 2.05) is 35.7 Å². The van der Waals surface area contributed by atoms with Crippen molar-refractivity contribution in [3.63, 3.8) is 0 Å². The second-order valence-corrected chi connectivity index (χ2v) is 11.0. The Morgan fingerprint density at radius 1 is 1.08 bits per heavy atom.